The van der Waals surface area contributed by atoms with E-state index in [9.17, 15) is 9.59 Å². The van der Waals surface area contributed by atoms with Gasteiger partial charge < -0.3 is 10.0 Å². The summed E-state index contributed by atoms with van der Waals surface area (Å²) in [4.78, 5) is 24.5. The second-order valence-corrected chi connectivity index (χ2v) is 4.82. The minimum Gasteiger partial charge on any atom is -0.478 e. The molecular weight excluding hydrogens is 254 g/mol. The van der Waals surface area contributed by atoms with Crippen molar-refractivity contribution in [3.05, 3.63) is 41.0 Å². The van der Waals surface area contributed by atoms with Crippen molar-refractivity contribution in [3.63, 3.8) is 0 Å². The van der Waals surface area contributed by atoms with Crippen LogP contribution in [0, 0.1) is 6.92 Å². The summed E-state index contributed by atoms with van der Waals surface area (Å²) in [6.07, 6.45) is 4.61. The highest BCUT2D eigenvalue weighted by atomic mass is 16.4. The number of benzene rings is 1. The number of aryl methyl sites for hydroxylation is 1. The van der Waals surface area contributed by atoms with Gasteiger partial charge in [0.2, 0.25) is 0 Å². The molecule has 1 aromatic carbocycles. The van der Waals surface area contributed by atoms with E-state index in [1.54, 1.807) is 24.1 Å². The molecule has 0 spiro atoms. The van der Waals surface area contributed by atoms with Crippen molar-refractivity contribution in [2.45, 2.75) is 26.7 Å². The Bertz CT molecular complexity index is 520. The number of aliphatic carboxylic acids is 1. The van der Waals surface area contributed by atoms with Gasteiger partial charge in [-0.05, 0) is 42.7 Å². The minimum absolute atomic E-state index is 0.0385. The lowest BCUT2D eigenvalue weighted by atomic mass is 10.0. The first kappa shape index (κ1) is 16.0. The molecule has 0 aliphatic carbocycles. The number of amides is 1. The van der Waals surface area contributed by atoms with Crippen molar-refractivity contribution in [1.29, 1.82) is 0 Å². The zero-order valence-electron chi connectivity index (χ0n) is 12.2. The fourth-order valence-electron chi connectivity index (χ4n) is 1.83. The van der Waals surface area contributed by atoms with Crippen LogP contribution in [-0.2, 0) is 4.79 Å². The van der Waals surface area contributed by atoms with Crippen LogP contribution in [0.1, 0.15) is 41.3 Å². The highest BCUT2D eigenvalue weighted by Crippen LogP contribution is 2.14. The molecule has 4 nitrogen and oxygen atoms in total. The molecule has 0 fully saturated rings. The number of carboxylic acid groups (broad SMARTS) is 1. The summed E-state index contributed by atoms with van der Waals surface area (Å²) in [7, 11) is 1.78. The Morgan fingerprint density at radius 1 is 1.35 bits per heavy atom. The molecule has 108 valence electrons. The Labute approximate surface area is 119 Å². The van der Waals surface area contributed by atoms with Crippen molar-refractivity contribution in [3.8, 4) is 0 Å². The highest BCUT2D eigenvalue weighted by Gasteiger charge is 2.11. The van der Waals surface area contributed by atoms with E-state index in [0.717, 1.165) is 36.6 Å². The lowest BCUT2D eigenvalue weighted by Crippen LogP contribution is -2.27. The van der Waals surface area contributed by atoms with Crippen molar-refractivity contribution < 1.29 is 14.7 Å². The fraction of sp³-hybridized carbons (Fsp3) is 0.375. The molecule has 0 aliphatic heterocycles. The number of carboxylic acids is 1. The predicted octanol–water partition coefficient (Wildman–Crippen LogP) is 2.96. The number of hydrogen-bond acceptors (Lipinski definition) is 2. The fourth-order valence-corrected chi connectivity index (χ4v) is 1.83. The molecule has 1 N–H and O–H groups in total. The van der Waals surface area contributed by atoms with E-state index in [1.807, 2.05) is 13.0 Å². The molecular formula is C16H21NO3. The van der Waals surface area contributed by atoms with Gasteiger partial charge in [-0.3, -0.25) is 4.79 Å². The van der Waals surface area contributed by atoms with Crippen LogP contribution < -0.4 is 0 Å². The number of nitrogens with zero attached hydrogens (tertiary/aromatic N) is 1. The molecule has 0 radical (unpaired) electrons. The van der Waals surface area contributed by atoms with Crippen LogP contribution in [-0.4, -0.2) is 35.5 Å². The zero-order chi connectivity index (χ0) is 15.1. The molecule has 0 aliphatic rings. The third-order valence-corrected chi connectivity index (χ3v) is 3.13. The lowest BCUT2D eigenvalue weighted by molar-refractivity contribution is -0.131. The van der Waals surface area contributed by atoms with E-state index in [1.165, 1.54) is 6.08 Å². The Kier molecular flexibility index (Phi) is 5.97. The molecule has 20 heavy (non-hydrogen) atoms. The molecule has 0 atom stereocenters. The average molecular weight is 275 g/mol. The molecule has 0 saturated heterocycles. The van der Waals surface area contributed by atoms with Crippen molar-refractivity contribution in [2.75, 3.05) is 13.6 Å². The lowest BCUT2D eigenvalue weighted by Gasteiger charge is -2.17. The van der Waals surface area contributed by atoms with Gasteiger partial charge in [-0.25, -0.2) is 4.79 Å². The number of unbranched alkanes of at least 4 members (excludes halogenated alkanes) is 1. The molecule has 1 amide bonds. The maximum Gasteiger partial charge on any atom is 0.328 e. The summed E-state index contributed by atoms with van der Waals surface area (Å²) in [6, 6.07) is 5.35. The van der Waals surface area contributed by atoms with Gasteiger partial charge in [0.1, 0.15) is 0 Å². The smallest absolute Gasteiger partial charge is 0.328 e. The summed E-state index contributed by atoms with van der Waals surface area (Å²) in [6.45, 7) is 4.69. The van der Waals surface area contributed by atoms with E-state index in [0.29, 0.717) is 5.56 Å². The number of carbonyl (C=O) groups excluding carboxylic acids is 1. The SMILES string of the molecule is CCCCN(C)C(=O)c1ccc(C)c(/C=C/C(=O)O)c1. The standard InChI is InChI=1S/C16H21NO3/c1-4-5-10-17(3)16(20)14-7-6-12(2)13(11-14)8-9-15(18)19/h6-9,11H,4-5,10H2,1-3H3,(H,18,19)/b9-8+. The summed E-state index contributed by atoms with van der Waals surface area (Å²) in [5, 5.41) is 8.67. The third-order valence-electron chi connectivity index (χ3n) is 3.13. The van der Waals surface area contributed by atoms with Gasteiger partial charge >= 0.3 is 5.97 Å². The Hall–Kier alpha value is -2.10. The molecule has 0 unspecified atom stereocenters. The van der Waals surface area contributed by atoms with Crippen molar-refractivity contribution >= 4 is 18.0 Å². The monoisotopic (exact) mass is 275 g/mol. The molecule has 4 heteroatoms. The third kappa shape index (κ3) is 4.53. The van der Waals surface area contributed by atoms with Crippen LogP contribution in [0.25, 0.3) is 6.08 Å². The van der Waals surface area contributed by atoms with E-state index in [4.69, 9.17) is 5.11 Å². The second-order valence-electron chi connectivity index (χ2n) is 4.82. The van der Waals surface area contributed by atoms with Crippen LogP contribution in [0.15, 0.2) is 24.3 Å². The van der Waals surface area contributed by atoms with Crippen LogP contribution in [0.2, 0.25) is 0 Å². The van der Waals surface area contributed by atoms with E-state index in [2.05, 4.69) is 6.92 Å². The largest absolute Gasteiger partial charge is 0.478 e. The zero-order valence-corrected chi connectivity index (χ0v) is 12.2. The molecule has 0 heterocycles. The summed E-state index contributed by atoms with van der Waals surface area (Å²) in [5.74, 6) is -1.04. The summed E-state index contributed by atoms with van der Waals surface area (Å²) >= 11 is 0. The molecule has 0 bridgehead atoms. The first-order valence-corrected chi connectivity index (χ1v) is 6.72. The number of hydrogen-bond donors (Lipinski definition) is 1. The van der Waals surface area contributed by atoms with Crippen LogP contribution in [0.3, 0.4) is 0 Å². The quantitative estimate of drug-likeness (QED) is 0.812. The summed E-state index contributed by atoms with van der Waals surface area (Å²) < 4.78 is 0. The van der Waals surface area contributed by atoms with E-state index < -0.39 is 5.97 Å². The van der Waals surface area contributed by atoms with Gasteiger partial charge in [0, 0.05) is 25.2 Å². The minimum atomic E-state index is -0.999. The number of carbonyl (C=O) groups is 2. The first-order valence-electron chi connectivity index (χ1n) is 6.72. The van der Waals surface area contributed by atoms with Crippen molar-refractivity contribution in [2.24, 2.45) is 0 Å². The Morgan fingerprint density at radius 2 is 2.05 bits per heavy atom. The van der Waals surface area contributed by atoms with Crippen LogP contribution >= 0.6 is 0 Å². The van der Waals surface area contributed by atoms with Crippen LogP contribution in [0.4, 0.5) is 0 Å². The predicted molar refractivity (Wildman–Crippen MR) is 79.7 cm³/mol. The second kappa shape index (κ2) is 7.48. The molecule has 1 aromatic rings. The molecule has 0 saturated carbocycles. The van der Waals surface area contributed by atoms with Crippen LogP contribution in [0.5, 0.6) is 0 Å². The topological polar surface area (TPSA) is 57.6 Å². The summed E-state index contributed by atoms with van der Waals surface area (Å²) in [5.41, 5.74) is 2.27. The Morgan fingerprint density at radius 3 is 2.65 bits per heavy atom. The van der Waals surface area contributed by atoms with Gasteiger partial charge in [0.05, 0.1) is 0 Å². The van der Waals surface area contributed by atoms with Gasteiger partial charge in [-0.15, -0.1) is 0 Å². The van der Waals surface area contributed by atoms with E-state index in [-0.39, 0.29) is 5.91 Å². The van der Waals surface area contributed by atoms with Crippen molar-refractivity contribution in [1.82, 2.24) is 4.90 Å². The normalized spacial score (nSPS) is 10.8. The van der Waals surface area contributed by atoms with Gasteiger partial charge in [0.15, 0.2) is 0 Å². The molecule has 0 aromatic heterocycles. The maximum absolute atomic E-state index is 12.2. The number of rotatable bonds is 6. The highest BCUT2D eigenvalue weighted by molar-refractivity contribution is 5.95. The average Bonchev–Trinajstić information content (AvgIpc) is 2.42. The van der Waals surface area contributed by atoms with Gasteiger partial charge in [0.25, 0.3) is 5.91 Å². The molecule has 1 rings (SSSR count). The maximum atomic E-state index is 12.2. The first-order chi connectivity index (χ1) is 9.45. The van der Waals surface area contributed by atoms with Gasteiger partial charge in [-0.1, -0.05) is 19.4 Å². The van der Waals surface area contributed by atoms with Gasteiger partial charge in [-0.2, -0.15) is 0 Å². The Balaban J connectivity index is 2.94. The van der Waals surface area contributed by atoms with E-state index >= 15 is 0 Å².